The lowest BCUT2D eigenvalue weighted by Crippen LogP contribution is -2.52. The zero-order chi connectivity index (χ0) is 14.3. The second-order valence-electron chi connectivity index (χ2n) is 5.03. The van der Waals surface area contributed by atoms with Gasteiger partial charge in [-0.25, -0.2) is 0 Å². The molecule has 0 bridgehead atoms. The quantitative estimate of drug-likeness (QED) is 0.695. The number of nitrogens with one attached hydrogen (secondary N) is 2. The van der Waals surface area contributed by atoms with E-state index in [2.05, 4.69) is 17.2 Å². The molecule has 1 rings (SSSR count). The Morgan fingerprint density at radius 1 is 1.21 bits per heavy atom. The molecule has 0 radical (unpaired) electrons. The number of hydrogen-bond acceptors (Lipinski definition) is 3. The van der Waals surface area contributed by atoms with Gasteiger partial charge in [0.1, 0.15) is 0 Å². The van der Waals surface area contributed by atoms with Gasteiger partial charge in [0.25, 0.3) is 0 Å². The number of likely N-dealkylation sites (tertiary alicyclic amines) is 1. The molecule has 5 heteroatoms. The Labute approximate surface area is 115 Å². The Balaban J connectivity index is 2.39. The molecule has 2 amide bonds. The molecule has 0 aromatic carbocycles. The smallest absolute Gasteiger partial charge is 0.239 e. The summed E-state index contributed by atoms with van der Waals surface area (Å²) in [6.07, 6.45) is 4.99. The number of piperidine rings is 1. The Morgan fingerprint density at radius 2 is 1.84 bits per heavy atom. The van der Waals surface area contributed by atoms with E-state index in [0.29, 0.717) is 6.54 Å². The average Bonchev–Trinajstić information content (AvgIpc) is 2.44. The van der Waals surface area contributed by atoms with Crippen LogP contribution in [0.25, 0.3) is 0 Å². The molecule has 1 saturated heterocycles. The van der Waals surface area contributed by atoms with E-state index < -0.39 is 0 Å². The molecule has 0 aliphatic carbocycles. The number of hydrogen-bond donors (Lipinski definition) is 2. The zero-order valence-corrected chi connectivity index (χ0v) is 11.9. The van der Waals surface area contributed by atoms with Crippen molar-refractivity contribution in [2.45, 2.75) is 45.2 Å². The monoisotopic (exact) mass is 267 g/mol. The lowest BCUT2D eigenvalue weighted by Gasteiger charge is -2.30. The van der Waals surface area contributed by atoms with Crippen molar-refractivity contribution in [3.05, 3.63) is 12.7 Å². The molecular formula is C14H25N3O2. The van der Waals surface area contributed by atoms with E-state index in [1.165, 1.54) is 6.42 Å². The Morgan fingerprint density at radius 3 is 2.42 bits per heavy atom. The van der Waals surface area contributed by atoms with E-state index in [1.807, 2.05) is 11.8 Å². The molecule has 0 aromatic rings. The molecule has 0 aromatic heterocycles. The lowest BCUT2D eigenvalue weighted by atomic mass is 10.1. The van der Waals surface area contributed by atoms with E-state index in [4.69, 9.17) is 0 Å². The minimum absolute atomic E-state index is 0.0862. The van der Waals surface area contributed by atoms with Crippen molar-refractivity contribution in [2.75, 3.05) is 19.6 Å². The maximum Gasteiger partial charge on any atom is 0.239 e. The molecule has 19 heavy (non-hydrogen) atoms. The Bertz CT molecular complexity index is 325. The van der Waals surface area contributed by atoms with Gasteiger partial charge in [-0.1, -0.05) is 6.08 Å². The summed E-state index contributed by atoms with van der Waals surface area (Å²) in [5.74, 6) is -0.0266. The molecule has 1 aliphatic rings. The number of rotatable bonds is 6. The summed E-state index contributed by atoms with van der Waals surface area (Å²) >= 11 is 0. The largest absolute Gasteiger partial charge is 0.351 e. The third-order valence-electron chi connectivity index (χ3n) is 3.35. The van der Waals surface area contributed by atoms with Gasteiger partial charge in [-0.05, 0) is 33.1 Å². The summed E-state index contributed by atoms with van der Waals surface area (Å²) in [5, 5.41) is 5.76. The van der Waals surface area contributed by atoms with Gasteiger partial charge in [0.2, 0.25) is 11.8 Å². The molecule has 0 saturated carbocycles. The first-order valence-corrected chi connectivity index (χ1v) is 6.99. The second-order valence-corrected chi connectivity index (χ2v) is 5.03. The molecule has 2 N–H and O–H groups in total. The summed E-state index contributed by atoms with van der Waals surface area (Å²) in [6.45, 7) is 9.24. The van der Waals surface area contributed by atoms with E-state index in [-0.39, 0.29) is 23.9 Å². The first-order valence-electron chi connectivity index (χ1n) is 6.99. The van der Waals surface area contributed by atoms with Crippen LogP contribution in [-0.4, -0.2) is 48.4 Å². The fourth-order valence-corrected chi connectivity index (χ4v) is 2.24. The third kappa shape index (κ3) is 5.03. The third-order valence-corrected chi connectivity index (χ3v) is 3.35. The second kappa shape index (κ2) is 7.94. The van der Waals surface area contributed by atoms with Crippen LogP contribution in [0, 0.1) is 0 Å². The topological polar surface area (TPSA) is 61.4 Å². The Kier molecular flexibility index (Phi) is 6.56. The van der Waals surface area contributed by atoms with Gasteiger partial charge in [0.05, 0.1) is 12.1 Å². The van der Waals surface area contributed by atoms with Gasteiger partial charge < -0.3 is 10.2 Å². The molecule has 1 heterocycles. The number of nitrogens with zero attached hydrogens (tertiary/aromatic N) is 1. The van der Waals surface area contributed by atoms with Crippen LogP contribution in [0.1, 0.15) is 33.1 Å². The van der Waals surface area contributed by atoms with Crippen LogP contribution in [0.3, 0.4) is 0 Å². The van der Waals surface area contributed by atoms with Crippen LogP contribution >= 0.6 is 0 Å². The van der Waals surface area contributed by atoms with Gasteiger partial charge in [-0.2, -0.15) is 0 Å². The maximum absolute atomic E-state index is 12.2. The van der Waals surface area contributed by atoms with Crippen molar-refractivity contribution < 1.29 is 9.59 Å². The van der Waals surface area contributed by atoms with Crippen molar-refractivity contribution >= 4 is 11.8 Å². The van der Waals surface area contributed by atoms with E-state index >= 15 is 0 Å². The average molecular weight is 267 g/mol. The highest BCUT2D eigenvalue weighted by Crippen LogP contribution is 2.10. The fourth-order valence-electron chi connectivity index (χ4n) is 2.24. The number of amides is 2. The van der Waals surface area contributed by atoms with Crippen LogP contribution < -0.4 is 10.6 Å². The summed E-state index contributed by atoms with van der Waals surface area (Å²) in [4.78, 5) is 25.8. The van der Waals surface area contributed by atoms with E-state index in [0.717, 1.165) is 25.9 Å². The van der Waals surface area contributed by atoms with Crippen molar-refractivity contribution in [3.8, 4) is 0 Å². The normalized spacial score (nSPS) is 18.5. The molecule has 108 valence electrons. The molecule has 1 aliphatic heterocycles. The molecule has 1 fully saturated rings. The lowest BCUT2D eigenvalue weighted by molar-refractivity contribution is -0.134. The summed E-state index contributed by atoms with van der Waals surface area (Å²) in [7, 11) is 0. The SMILES string of the molecule is C=CCNC(=O)C(C)NC(C)C(=O)N1CCCCC1. The highest BCUT2D eigenvalue weighted by Gasteiger charge is 2.24. The first-order chi connectivity index (χ1) is 9.06. The van der Waals surface area contributed by atoms with Crippen LogP contribution in [0.15, 0.2) is 12.7 Å². The molecule has 5 nitrogen and oxygen atoms in total. The van der Waals surface area contributed by atoms with Gasteiger partial charge in [0, 0.05) is 19.6 Å². The maximum atomic E-state index is 12.2. The summed E-state index contributed by atoms with van der Waals surface area (Å²) in [6, 6.07) is -0.716. The number of carbonyl (C=O) groups is 2. The van der Waals surface area contributed by atoms with Crippen molar-refractivity contribution in [3.63, 3.8) is 0 Å². The van der Waals surface area contributed by atoms with Crippen LogP contribution in [0.2, 0.25) is 0 Å². The van der Waals surface area contributed by atoms with Crippen LogP contribution in [-0.2, 0) is 9.59 Å². The fraction of sp³-hybridized carbons (Fsp3) is 0.714. The minimum atomic E-state index is -0.385. The minimum Gasteiger partial charge on any atom is -0.351 e. The van der Waals surface area contributed by atoms with E-state index in [9.17, 15) is 9.59 Å². The predicted octanol–water partition coefficient (Wildman–Crippen LogP) is 0.668. The summed E-state index contributed by atoms with van der Waals surface area (Å²) < 4.78 is 0. The van der Waals surface area contributed by atoms with Gasteiger partial charge in [0.15, 0.2) is 0 Å². The van der Waals surface area contributed by atoms with Crippen LogP contribution in [0.5, 0.6) is 0 Å². The molecule has 0 spiro atoms. The van der Waals surface area contributed by atoms with Crippen LogP contribution in [0.4, 0.5) is 0 Å². The van der Waals surface area contributed by atoms with Crippen molar-refractivity contribution in [1.82, 2.24) is 15.5 Å². The standard InChI is InChI=1S/C14H25N3O2/c1-4-8-15-13(18)11(2)16-12(3)14(19)17-9-6-5-7-10-17/h4,11-12,16H,1,5-10H2,2-3H3,(H,15,18). The highest BCUT2D eigenvalue weighted by atomic mass is 16.2. The molecule has 2 unspecified atom stereocenters. The highest BCUT2D eigenvalue weighted by molar-refractivity contribution is 5.85. The first kappa shape index (κ1) is 15.7. The van der Waals surface area contributed by atoms with Crippen molar-refractivity contribution in [1.29, 1.82) is 0 Å². The summed E-state index contributed by atoms with van der Waals surface area (Å²) in [5.41, 5.74) is 0. The van der Waals surface area contributed by atoms with Gasteiger partial charge in [-0.3, -0.25) is 14.9 Å². The van der Waals surface area contributed by atoms with Gasteiger partial charge >= 0.3 is 0 Å². The van der Waals surface area contributed by atoms with Crippen molar-refractivity contribution in [2.24, 2.45) is 0 Å². The number of carbonyl (C=O) groups excluding carboxylic acids is 2. The Hall–Kier alpha value is -1.36. The molecular weight excluding hydrogens is 242 g/mol. The zero-order valence-electron chi connectivity index (χ0n) is 11.9. The molecule has 2 atom stereocenters. The van der Waals surface area contributed by atoms with Gasteiger partial charge in [-0.15, -0.1) is 6.58 Å². The predicted molar refractivity (Wildman–Crippen MR) is 75.7 cm³/mol. The van der Waals surface area contributed by atoms with E-state index in [1.54, 1.807) is 13.0 Å².